The highest BCUT2D eigenvalue weighted by atomic mass is 32.1. The van der Waals surface area contributed by atoms with Crippen molar-refractivity contribution in [3.05, 3.63) is 88.4 Å². The molecule has 0 bridgehead atoms. The van der Waals surface area contributed by atoms with E-state index in [2.05, 4.69) is 22.3 Å². The van der Waals surface area contributed by atoms with Gasteiger partial charge < -0.3 is 14.8 Å². The summed E-state index contributed by atoms with van der Waals surface area (Å²) < 4.78 is 1.98. The molecule has 36 heavy (non-hydrogen) atoms. The van der Waals surface area contributed by atoms with Crippen LogP contribution in [-0.2, 0) is 17.9 Å². The minimum atomic E-state index is -0.350. The topological polar surface area (TPSA) is 67.2 Å². The number of benzene rings is 2. The van der Waals surface area contributed by atoms with Gasteiger partial charge in [-0.2, -0.15) is 0 Å². The molecule has 0 saturated heterocycles. The monoisotopic (exact) mass is 500 g/mol. The minimum Gasteiger partial charge on any atom is -0.342 e. The van der Waals surface area contributed by atoms with Crippen molar-refractivity contribution >= 4 is 34.2 Å². The fourth-order valence-electron chi connectivity index (χ4n) is 5.15. The second-order valence-electron chi connectivity index (χ2n) is 9.52. The van der Waals surface area contributed by atoms with Gasteiger partial charge in [0.2, 0.25) is 5.91 Å². The lowest BCUT2D eigenvalue weighted by atomic mass is 9.93. The Kier molecular flexibility index (Phi) is 7.47. The standard InChI is InChI=1S/C29H32N4O2S/c1-21(30-29(35)26-17-10-18-36-26)28-31-24-15-8-9-16-25(24)33(28)20-27(34)32(23-13-6-3-7-14-23)19-22-11-4-2-5-12-22/h2,4-5,8-12,15-18,21,23H,3,6-7,13-14,19-20H2,1H3,(H,30,35). The number of para-hydroxylation sites is 2. The first-order valence-electron chi connectivity index (χ1n) is 12.7. The van der Waals surface area contributed by atoms with Crippen LogP contribution in [0.1, 0.15) is 66.1 Å². The first-order valence-corrected chi connectivity index (χ1v) is 13.6. The zero-order valence-electron chi connectivity index (χ0n) is 20.6. The van der Waals surface area contributed by atoms with E-state index in [9.17, 15) is 9.59 Å². The molecule has 1 fully saturated rings. The Hall–Kier alpha value is -3.45. The van der Waals surface area contributed by atoms with Crippen molar-refractivity contribution in [1.29, 1.82) is 0 Å². The number of hydrogen-bond acceptors (Lipinski definition) is 4. The number of imidazole rings is 1. The molecule has 1 N–H and O–H groups in total. The smallest absolute Gasteiger partial charge is 0.261 e. The van der Waals surface area contributed by atoms with Crippen molar-refractivity contribution in [3.63, 3.8) is 0 Å². The van der Waals surface area contributed by atoms with Crippen molar-refractivity contribution in [2.24, 2.45) is 0 Å². The van der Waals surface area contributed by atoms with Crippen LogP contribution in [0.4, 0.5) is 0 Å². The Balaban J connectivity index is 1.43. The Morgan fingerprint density at radius 3 is 2.53 bits per heavy atom. The number of amides is 2. The fraction of sp³-hybridized carbons (Fsp3) is 0.345. The van der Waals surface area contributed by atoms with E-state index in [1.807, 2.05) is 71.5 Å². The summed E-state index contributed by atoms with van der Waals surface area (Å²) in [6.07, 6.45) is 5.65. The second kappa shape index (κ2) is 11.1. The summed E-state index contributed by atoms with van der Waals surface area (Å²) >= 11 is 1.41. The molecule has 0 radical (unpaired) electrons. The first kappa shape index (κ1) is 24.3. The molecule has 2 heterocycles. The molecule has 0 spiro atoms. The van der Waals surface area contributed by atoms with E-state index in [0.29, 0.717) is 17.2 Å². The number of fused-ring (bicyclic) bond motifs is 1. The maximum absolute atomic E-state index is 13.9. The van der Waals surface area contributed by atoms with E-state index >= 15 is 0 Å². The number of carbonyl (C=O) groups is 2. The lowest BCUT2D eigenvalue weighted by Crippen LogP contribution is -2.43. The molecule has 186 valence electrons. The molecule has 1 saturated carbocycles. The molecule has 7 heteroatoms. The van der Waals surface area contributed by atoms with Crippen LogP contribution in [0.15, 0.2) is 72.1 Å². The van der Waals surface area contributed by atoms with Gasteiger partial charge in [0.1, 0.15) is 12.4 Å². The molecular formula is C29H32N4O2S. The van der Waals surface area contributed by atoms with Crippen molar-refractivity contribution in [1.82, 2.24) is 19.8 Å². The fourth-order valence-corrected chi connectivity index (χ4v) is 5.78. The van der Waals surface area contributed by atoms with Gasteiger partial charge in [-0.1, -0.05) is 67.8 Å². The van der Waals surface area contributed by atoms with Crippen LogP contribution in [0.2, 0.25) is 0 Å². The Morgan fingerprint density at radius 2 is 1.78 bits per heavy atom. The van der Waals surface area contributed by atoms with Gasteiger partial charge in [-0.05, 0) is 48.9 Å². The van der Waals surface area contributed by atoms with E-state index in [1.165, 1.54) is 17.8 Å². The summed E-state index contributed by atoms with van der Waals surface area (Å²) in [5, 5.41) is 4.96. The van der Waals surface area contributed by atoms with E-state index in [1.54, 1.807) is 0 Å². The maximum atomic E-state index is 13.9. The van der Waals surface area contributed by atoms with Crippen LogP contribution in [0.5, 0.6) is 0 Å². The van der Waals surface area contributed by atoms with Gasteiger partial charge in [-0.3, -0.25) is 9.59 Å². The molecule has 2 aromatic heterocycles. The molecule has 2 amide bonds. The second-order valence-corrected chi connectivity index (χ2v) is 10.5. The summed E-state index contributed by atoms with van der Waals surface area (Å²) in [5.41, 5.74) is 2.87. The Morgan fingerprint density at radius 1 is 1.03 bits per heavy atom. The molecule has 2 aromatic carbocycles. The van der Waals surface area contributed by atoms with E-state index in [-0.39, 0.29) is 30.4 Å². The highest BCUT2D eigenvalue weighted by molar-refractivity contribution is 7.12. The van der Waals surface area contributed by atoms with Gasteiger partial charge in [-0.15, -0.1) is 11.3 Å². The van der Waals surface area contributed by atoms with Gasteiger partial charge in [0.25, 0.3) is 5.91 Å². The SMILES string of the molecule is CC(NC(=O)c1cccs1)c1nc2ccccc2n1CC(=O)N(Cc1ccccc1)C1CCCCC1. The summed E-state index contributed by atoms with van der Waals surface area (Å²) in [6, 6.07) is 21.7. The molecule has 5 rings (SSSR count). The number of nitrogens with one attached hydrogen (secondary N) is 1. The normalized spacial score (nSPS) is 15.0. The summed E-state index contributed by atoms with van der Waals surface area (Å²) in [4.78, 5) is 34.2. The van der Waals surface area contributed by atoms with Gasteiger partial charge in [0.05, 0.1) is 22.0 Å². The van der Waals surface area contributed by atoms with Gasteiger partial charge >= 0.3 is 0 Å². The van der Waals surface area contributed by atoms with Crippen LogP contribution in [-0.4, -0.2) is 32.3 Å². The predicted molar refractivity (Wildman–Crippen MR) is 144 cm³/mol. The van der Waals surface area contributed by atoms with E-state index in [0.717, 1.165) is 42.3 Å². The van der Waals surface area contributed by atoms with Crippen LogP contribution >= 0.6 is 11.3 Å². The van der Waals surface area contributed by atoms with Crippen molar-refractivity contribution in [2.45, 2.75) is 64.2 Å². The maximum Gasteiger partial charge on any atom is 0.261 e. The largest absolute Gasteiger partial charge is 0.342 e. The first-order chi connectivity index (χ1) is 17.6. The third-order valence-electron chi connectivity index (χ3n) is 6.99. The quantitative estimate of drug-likeness (QED) is 0.325. The minimum absolute atomic E-state index is 0.0898. The van der Waals surface area contributed by atoms with Crippen LogP contribution in [0.25, 0.3) is 11.0 Å². The Labute approximate surface area is 216 Å². The number of hydrogen-bond donors (Lipinski definition) is 1. The number of aromatic nitrogens is 2. The molecule has 1 aliphatic rings. The molecule has 1 aliphatic carbocycles. The average Bonchev–Trinajstić information content (AvgIpc) is 3.57. The highest BCUT2D eigenvalue weighted by Gasteiger charge is 2.28. The molecule has 1 unspecified atom stereocenters. The lowest BCUT2D eigenvalue weighted by Gasteiger charge is -2.35. The number of thiophene rings is 1. The lowest BCUT2D eigenvalue weighted by molar-refractivity contribution is -0.135. The zero-order chi connectivity index (χ0) is 24.9. The number of rotatable bonds is 8. The van der Waals surface area contributed by atoms with Crippen LogP contribution in [0, 0.1) is 0 Å². The Bertz CT molecular complexity index is 1310. The van der Waals surface area contributed by atoms with E-state index in [4.69, 9.17) is 4.98 Å². The number of nitrogens with zero attached hydrogens (tertiary/aromatic N) is 3. The highest BCUT2D eigenvalue weighted by Crippen LogP contribution is 2.26. The number of carbonyl (C=O) groups excluding carboxylic acids is 2. The third-order valence-corrected chi connectivity index (χ3v) is 7.86. The van der Waals surface area contributed by atoms with Crippen LogP contribution < -0.4 is 5.32 Å². The van der Waals surface area contributed by atoms with Crippen molar-refractivity contribution in [3.8, 4) is 0 Å². The molecule has 4 aromatic rings. The summed E-state index contributed by atoms with van der Waals surface area (Å²) in [5.74, 6) is 0.653. The van der Waals surface area contributed by atoms with E-state index < -0.39 is 0 Å². The van der Waals surface area contributed by atoms with Crippen molar-refractivity contribution in [2.75, 3.05) is 0 Å². The molecular weight excluding hydrogens is 468 g/mol. The molecule has 6 nitrogen and oxygen atoms in total. The van der Waals surface area contributed by atoms with Crippen LogP contribution in [0.3, 0.4) is 0 Å². The van der Waals surface area contributed by atoms with Gasteiger partial charge in [0, 0.05) is 12.6 Å². The third kappa shape index (κ3) is 5.36. The van der Waals surface area contributed by atoms with Crippen molar-refractivity contribution < 1.29 is 9.59 Å². The summed E-state index contributed by atoms with van der Waals surface area (Å²) in [6.45, 7) is 2.73. The molecule has 1 atom stereocenters. The van der Waals surface area contributed by atoms with Gasteiger partial charge in [0.15, 0.2) is 0 Å². The zero-order valence-corrected chi connectivity index (χ0v) is 21.4. The molecule has 0 aliphatic heterocycles. The predicted octanol–water partition coefficient (Wildman–Crippen LogP) is 5.95. The summed E-state index contributed by atoms with van der Waals surface area (Å²) in [7, 11) is 0. The van der Waals surface area contributed by atoms with Gasteiger partial charge in [-0.25, -0.2) is 4.98 Å². The average molecular weight is 501 g/mol.